The minimum Gasteiger partial charge on any atom is -0.456 e. The van der Waals surface area contributed by atoms with Crippen LogP contribution >= 0.6 is 0 Å². The van der Waals surface area contributed by atoms with Gasteiger partial charge in [0, 0.05) is 56.4 Å². The van der Waals surface area contributed by atoms with Gasteiger partial charge in [0.2, 0.25) is 0 Å². The van der Waals surface area contributed by atoms with Gasteiger partial charge in [0.15, 0.2) is 8.07 Å². The Labute approximate surface area is 393 Å². The number of anilines is 6. The van der Waals surface area contributed by atoms with E-state index in [9.17, 15) is 0 Å². The molecule has 0 radical (unpaired) electrons. The molecular weight excluding hydrogens is 829 g/mol. The molecule has 10 aromatic carbocycles. The molecule has 0 spiro atoms. The Morgan fingerprint density at radius 1 is 0.343 bits per heavy atom. The number of rotatable bonds is 10. The molecule has 67 heavy (non-hydrogen) atoms. The molecule has 0 saturated heterocycles. The first kappa shape index (κ1) is 40.3. The van der Waals surface area contributed by atoms with Crippen molar-refractivity contribution in [1.29, 1.82) is 0 Å². The first-order valence-corrected chi connectivity index (χ1v) is 25.2. The summed E-state index contributed by atoms with van der Waals surface area (Å²) < 4.78 is 6.56. The Bertz CT molecular complexity index is 3530. The van der Waals surface area contributed by atoms with E-state index >= 15 is 0 Å². The first-order chi connectivity index (χ1) is 33.0. The molecule has 1 aliphatic rings. The fourth-order valence-corrected chi connectivity index (χ4v) is 15.9. The van der Waals surface area contributed by atoms with Crippen LogP contribution in [0.25, 0.3) is 33.1 Å². The minimum absolute atomic E-state index is 0.141. The zero-order valence-electron chi connectivity index (χ0n) is 37.6. The first-order valence-electron chi connectivity index (χ1n) is 23.2. The highest BCUT2D eigenvalue weighted by Gasteiger charge is 2.44. The Morgan fingerprint density at radius 2 is 0.851 bits per heavy atom. The van der Waals surface area contributed by atoms with Crippen molar-refractivity contribution in [3.8, 4) is 11.1 Å². The Morgan fingerprint density at radius 3 is 1.58 bits per heavy atom. The number of hydrogen-bond acceptors (Lipinski definition) is 3. The largest absolute Gasteiger partial charge is 0.456 e. The molecule has 11 aromatic rings. The average molecular weight is 877 g/mol. The fraction of sp³-hybridized carbons (Fsp3) is 0.0476. The molecule has 3 nitrogen and oxygen atoms in total. The number of nitrogens with zero attached hydrogens (tertiary/aromatic N) is 2. The van der Waals surface area contributed by atoms with Crippen molar-refractivity contribution in [1.82, 2.24) is 0 Å². The molecule has 1 aliphatic carbocycles. The van der Waals surface area contributed by atoms with Crippen LogP contribution in [0.5, 0.6) is 0 Å². The predicted molar refractivity (Wildman–Crippen MR) is 284 cm³/mol. The van der Waals surface area contributed by atoms with E-state index in [4.69, 9.17) is 4.42 Å². The molecule has 1 aromatic heterocycles. The third kappa shape index (κ3) is 6.63. The standard InChI is InChI=1S/C63H48N2OSi/c1-63(2)57-34-17-15-32-53(57)54-40-38-48(43-58(54)63)64(45-22-7-3-8-23-45)47-26-21-31-52(42-47)67(50-27-11-5-12-28-50,51-29-13-6-14-30-51)62-37-20-18-35-59(62)65(46-24-9-4-10-25-46)49-39-41-56-55-33-16-19-36-60(55)66-61(56)44-49/h3-44H,1-2H3. The lowest BCUT2D eigenvalue weighted by Crippen LogP contribution is -2.75. The van der Waals surface area contributed by atoms with Crippen molar-refractivity contribution in [2.24, 2.45) is 0 Å². The normalized spacial score (nSPS) is 12.7. The number of para-hydroxylation sites is 4. The number of benzene rings is 10. The van der Waals surface area contributed by atoms with Crippen LogP contribution in [0.1, 0.15) is 25.0 Å². The van der Waals surface area contributed by atoms with Crippen LogP contribution in [-0.4, -0.2) is 8.07 Å². The van der Waals surface area contributed by atoms with Crippen LogP contribution in [0.2, 0.25) is 0 Å². The van der Waals surface area contributed by atoms with Gasteiger partial charge in [-0.25, -0.2) is 0 Å². The zero-order valence-corrected chi connectivity index (χ0v) is 38.6. The van der Waals surface area contributed by atoms with Gasteiger partial charge in [0.1, 0.15) is 11.2 Å². The summed E-state index contributed by atoms with van der Waals surface area (Å²) >= 11 is 0. The van der Waals surface area contributed by atoms with Crippen molar-refractivity contribution >= 4 is 84.9 Å². The number of fused-ring (bicyclic) bond motifs is 6. The molecule has 0 bridgehead atoms. The molecular formula is C63H48N2OSi. The van der Waals surface area contributed by atoms with Crippen molar-refractivity contribution < 1.29 is 4.42 Å². The summed E-state index contributed by atoms with van der Waals surface area (Å²) in [6.07, 6.45) is 0. The van der Waals surface area contributed by atoms with E-state index in [1.807, 2.05) is 6.07 Å². The Kier molecular flexibility index (Phi) is 9.85. The second-order valence-electron chi connectivity index (χ2n) is 18.1. The molecule has 4 heteroatoms. The highest BCUT2D eigenvalue weighted by Crippen LogP contribution is 2.50. The van der Waals surface area contributed by atoms with Crippen LogP contribution in [0.15, 0.2) is 259 Å². The molecule has 0 atom stereocenters. The Balaban J connectivity index is 1.11. The molecule has 0 saturated carbocycles. The molecule has 0 aliphatic heterocycles. The molecule has 320 valence electrons. The summed E-state index contributed by atoms with van der Waals surface area (Å²) in [6, 6.07) is 93.6. The lowest BCUT2D eigenvalue weighted by molar-refractivity contribution is 0.660. The summed E-state index contributed by atoms with van der Waals surface area (Å²) in [7, 11) is -3.21. The summed E-state index contributed by atoms with van der Waals surface area (Å²) in [5.41, 5.74) is 13.5. The maximum absolute atomic E-state index is 6.56. The van der Waals surface area contributed by atoms with Gasteiger partial charge in [-0.1, -0.05) is 190 Å². The summed E-state index contributed by atoms with van der Waals surface area (Å²) in [5, 5.41) is 7.39. The molecule has 0 amide bonds. The van der Waals surface area contributed by atoms with Gasteiger partial charge in [0.25, 0.3) is 0 Å². The third-order valence-electron chi connectivity index (χ3n) is 14.0. The van der Waals surface area contributed by atoms with Crippen LogP contribution in [0.3, 0.4) is 0 Å². The number of hydrogen-bond donors (Lipinski definition) is 0. The lowest BCUT2D eigenvalue weighted by atomic mass is 9.82. The van der Waals surface area contributed by atoms with Crippen LogP contribution in [-0.2, 0) is 5.41 Å². The van der Waals surface area contributed by atoms with Gasteiger partial charge < -0.3 is 14.2 Å². The quantitative estimate of drug-likeness (QED) is 0.101. The molecule has 0 fully saturated rings. The van der Waals surface area contributed by atoms with Crippen molar-refractivity contribution in [3.05, 3.63) is 266 Å². The van der Waals surface area contributed by atoms with Crippen LogP contribution in [0, 0.1) is 0 Å². The van der Waals surface area contributed by atoms with Crippen molar-refractivity contribution in [2.75, 3.05) is 9.80 Å². The van der Waals surface area contributed by atoms with Gasteiger partial charge in [-0.2, -0.15) is 0 Å². The smallest absolute Gasteiger partial charge is 0.181 e. The summed E-state index contributed by atoms with van der Waals surface area (Å²) in [6.45, 7) is 4.72. The number of furan rings is 1. The molecule has 1 heterocycles. The van der Waals surface area contributed by atoms with Gasteiger partial charge >= 0.3 is 0 Å². The van der Waals surface area contributed by atoms with E-state index in [0.29, 0.717) is 0 Å². The predicted octanol–water partition coefficient (Wildman–Crippen LogP) is 14.2. The maximum Gasteiger partial charge on any atom is 0.181 e. The summed E-state index contributed by atoms with van der Waals surface area (Å²) in [5.74, 6) is 0. The highest BCUT2D eigenvalue weighted by atomic mass is 28.3. The highest BCUT2D eigenvalue weighted by molar-refractivity contribution is 7.20. The van der Waals surface area contributed by atoms with Crippen molar-refractivity contribution in [3.63, 3.8) is 0 Å². The average Bonchev–Trinajstić information content (AvgIpc) is 3.87. The van der Waals surface area contributed by atoms with E-state index < -0.39 is 8.07 Å². The Hall–Kier alpha value is -8.18. The molecule has 12 rings (SSSR count). The van der Waals surface area contributed by atoms with Gasteiger partial charge in [0.05, 0.1) is 0 Å². The van der Waals surface area contributed by atoms with Crippen LogP contribution < -0.4 is 30.5 Å². The SMILES string of the molecule is CC1(C)c2ccccc2-c2ccc(N(c3ccccc3)c3cccc([Si](c4ccccc4)(c4ccccc4)c4ccccc4N(c4ccccc4)c4ccc5c(c4)oc4ccccc45)c3)cc21. The van der Waals surface area contributed by atoms with E-state index in [1.54, 1.807) is 0 Å². The minimum atomic E-state index is -3.21. The second-order valence-corrected chi connectivity index (χ2v) is 21.8. The van der Waals surface area contributed by atoms with Crippen LogP contribution in [0.4, 0.5) is 34.1 Å². The third-order valence-corrected chi connectivity index (χ3v) is 18.8. The zero-order chi connectivity index (χ0) is 45.0. The van der Waals surface area contributed by atoms with Crippen molar-refractivity contribution in [2.45, 2.75) is 19.3 Å². The van der Waals surface area contributed by atoms with Gasteiger partial charge in [-0.3, -0.25) is 0 Å². The molecule has 0 unspecified atom stereocenters. The topological polar surface area (TPSA) is 19.6 Å². The second kappa shape index (κ2) is 16.4. The van der Waals surface area contributed by atoms with Gasteiger partial charge in [-0.15, -0.1) is 0 Å². The molecule has 0 N–H and O–H groups in total. The monoisotopic (exact) mass is 876 g/mol. The van der Waals surface area contributed by atoms with Gasteiger partial charge in [-0.05, 0) is 116 Å². The lowest BCUT2D eigenvalue weighted by Gasteiger charge is -2.39. The van der Waals surface area contributed by atoms with E-state index in [-0.39, 0.29) is 5.41 Å². The fourth-order valence-electron chi connectivity index (χ4n) is 10.9. The maximum atomic E-state index is 6.56. The van der Waals surface area contributed by atoms with E-state index in [1.165, 1.54) is 43.0 Å². The summed E-state index contributed by atoms with van der Waals surface area (Å²) in [4.78, 5) is 4.88. The van der Waals surface area contributed by atoms with E-state index in [2.05, 4.69) is 272 Å². The van der Waals surface area contributed by atoms with E-state index in [0.717, 1.165) is 56.1 Å².